The minimum absolute atomic E-state index is 0.0437. The lowest BCUT2D eigenvalue weighted by Crippen LogP contribution is -2.47. The van der Waals surface area contributed by atoms with Crippen LogP contribution >= 0.6 is 0 Å². The zero-order valence-corrected chi connectivity index (χ0v) is 23.3. The summed E-state index contributed by atoms with van der Waals surface area (Å²) < 4.78 is 1.80. The van der Waals surface area contributed by atoms with E-state index in [1.54, 1.807) is 15.7 Å². The summed E-state index contributed by atoms with van der Waals surface area (Å²) in [7, 11) is 0. The summed E-state index contributed by atoms with van der Waals surface area (Å²) in [6, 6.07) is 9.61. The van der Waals surface area contributed by atoms with Gasteiger partial charge >= 0.3 is 12.1 Å². The largest absolute Gasteiger partial charge is 0.465 e. The summed E-state index contributed by atoms with van der Waals surface area (Å²) in [4.78, 5) is 50.6. The van der Waals surface area contributed by atoms with Gasteiger partial charge in [-0.1, -0.05) is 24.3 Å². The molecule has 0 spiro atoms. The van der Waals surface area contributed by atoms with Crippen LogP contribution in [0.5, 0.6) is 0 Å². The lowest BCUT2D eigenvalue weighted by Gasteiger charge is -2.34. The molecule has 2 aromatic heterocycles. The molecule has 2 aliphatic rings. The van der Waals surface area contributed by atoms with E-state index in [9.17, 15) is 19.5 Å². The maximum absolute atomic E-state index is 14.1. The summed E-state index contributed by atoms with van der Waals surface area (Å²) in [5, 5.41) is 16.3. The molecule has 11 nitrogen and oxygen atoms in total. The lowest BCUT2D eigenvalue weighted by molar-refractivity contribution is 0.133. The van der Waals surface area contributed by atoms with Gasteiger partial charge in [0, 0.05) is 61.5 Å². The van der Waals surface area contributed by atoms with Gasteiger partial charge in [0.25, 0.3) is 5.56 Å². The zero-order chi connectivity index (χ0) is 28.4. The second kappa shape index (κ2) is 11.5. The van der Waals surface area contributed by atoms with E-state index in [-0.39, 0.29) is 29.7 Å². The Morgan fingerprint density at radius 2 is 1.68 bits per heavy atom. The summed E-state index contributed by atoms with van der Waals surface area (Å²) in [5.41, 5.74) is 2.96. The number of amides is 3. The van der Waals surface area contributed by atoms with Crippen molar-refractivity contribution in [2.45, 2.75) is 64.6 Å². The van der Waals surface area contributed by atoms with E-state index >= 15 is 0 Å². The molecule has 4 heterocycles. The molecule has 1 aromatic carbocycles. The van der Waals surface area contributed by atoms with Crippen LogP contribution in [0, 0.1) is 6.92 Å². The minimum Gasteiger partial charge on any atom is -0.465 e. The quantitative estimate of drug-likeness (QED) is 0.438. The number of hydrogen-bond donors (Lipinski definition) is 3. The van der Waals surface area contributed by atoms with Crippen LogP contribution in [0.3, 0.4) is 0 Å². The van der Waals surface area contributed by atoms with Crippen molar-refractivity contribution < 1.29 is 14.7 Å². The Balaban J connectivity index is 1.49. The Kier molecular flexibility index (Phi) is 7.90. The Hall–Kier alpha value is -4.15. The van der Waals surface area contributed by atoms with Gasteiger partial charge in [-0.25, -0.2) is 14.6 Å². The fraction of sp³-hybridized carbons (Fsp3) is 0.483. The van der Waals surface area contributed by atoms with Crippen molar-refractivity contribution in [2.75, 3.05) is 31.5 Å². The van der Waals surface area contributed by atoms with Gasteiger partial charge in [0.05, 0.1) is 0 Å². The highest BCUT2D eigenvalue weighted by Crippen LogP contribution is 2.29. The van der Waals surface area contributed by atoms with Crippen molar-refractivity contribution in [3.8, 4) is 11.1 Å². The molecule has 2 aliphatic heterocycles. The molecule has 3 amide bonds. The van der Waals surface area contributed by atoms with Crippen molar-refractivity contribution in [1.82, 2.24) is 29.7 Å². The van der Waals surface area contributed by atoms with Gasteiger partial charge in [0.1, 0.15) is 5.65 Å². The van der Waals surface area contributed by atoms with E-state index in [1.807, 2.05) is 51.1 Å². The first-order valence-electron chi connectivity index (χ1n) is 14.0. The standard InChI is InChI=1S/C29H37N7O4/c1-18(2)31-28(38)34-14-10-22(11-15-34)36-25-20(16-24(26(36)37)23-7-5-4-6-19(23)3)17-30-27(33-25)32-21-8-12-35(13-9-21)29(39)40/h4-7,16-18,21-22H,8-15H2,1-3H3,(H,31,38)(H,39,40)(H,30,32,33). The molecule has 0 saturated carbocycles. The van der Waals surface area contributed by atoms with Crippen LogP contribution in [0.2, 0.25) is 0 Å². The Labute approximate surface area is 233 Å². The topological polar surface area (TPSA) is 133 Å². The second-order valence-corrected chi connectivity index (χ2v) is 11.0. The fourth-order valence-electron chi connectivity index (χ4n) is 5.66. The van der Waals surface area contributed by atoms with E-state index < -0.39 is 6.09 Å². The average molecular weight is 548 g/mol. The number of pyridine rings is 1. The minimum atomic E-state index is -0.901. The van der Waals surface area contributed by atoms with E-state index in [2.05, 4.69) is 15.6 Å². The van der Waals surface area contributed by atoms with Crippen LogP contribution in [0.15, 0.2) is 41.3 Å². The number of carbonyl (C=O) groups excluding carboxylic acids is 1. The van der Waals surface area contributed by atoms with Gasteiger partial charge in [0.2, 0.25) is 5.95 Å². The van der Waals surface area contributed by atoms with Crippen molar-refractivity contribution in [2.24, 2.45) is 0 Å². The molecule has 2 saturated heterocycles. The number of carboxylic acid groups (broad SMARTS) is 1. The van der Waals surface area contributed by atoms with Crippen molar-refractivity contribution >= 4 is 29.1 Å². The molecule has 0 aliphatic carbocycles. The van der Waals surface area contributed by atoms with Gasteiger partial charge < -0.3 is 25.5 Å². The number of aromatic nitrogens is 3. The number of benzene rings is 1. The first-order valence-corrected chi connectivity index (χ1v) is 14.0. The third-order valence-corrected chi connectivity index (χ3v) is 7.84. The highest BCUT2D eigenvalue weighted by molar-refractivity contribution is 5.82. The van der Waals surface area contributed by atoms with Crippen LogP contribution in [0.1, 0.15) is 51.1 Å². The predicted molar refractivity (Wildman–Crippen MR) is 154 cm³/mol. The van der Waals surface area contributed by atoms with Crippen LogP contribution in [0.4, 0.5) is 15.5 Å². The number of rotatable bonds is 5. The summed E-state index contributed by atoms with van der Waals surface area (Å²) in [6.45, 7) is 7.87. The van der Waals surface area contributed by atoms with Crippen molar-refractivity contribution in [1.29, 1.82) is 0 Å². The highest BCUT2D eigenvalue weighted by atomic mass is 16.4. The zero-order valence-electron chi connectivity index (χ0n) is 23.3. The van der Waals surface area contributed by atoms with Crippen molar-refractivity contribution in [3.05, 3.63) is 52.4 Å². The van der Waals surface area contributed by atoms with Crippen LogP contribution in [-0.2, 0) is 0 Å². The summed E-state index contributed by atoms with van der Waals surface area (Å²) in [5.74, 6) is 0.423. The van der Waals surface area contributed by atoms with E-state index in [0.29, 0.717) is 69.0 Å². The first kappa shape index (κ1) is 27.4. The molecular weight excluding hydrogens is 510 g/mol. The van der Waals surface area contributed by atoms with Gasteiger partial charge in [0.15, 0.2) is 0 Å². The number of aryl methyl sites for hydroxylation is 1. The molecule has 212 valence electrons. The van der Waals surface area contributed by atoms with Crippen LogP contribution in [-0.4, -0.2) is 79.8 Å². The molecular formula is C29H37N7O4. The fourth-order valence-corrected chi connectivity index (χ4v) is 5.66. The van der Waals surface area contributed by atoms with E-state index in [1.165, 1.54) is 4.90 Å². The Morgan fingerprint density at radius 3 is 2.33 bits per heavy atom. The molecule has 3 N–H and O–H groups in total. The third kappa shape index (κ3) is 5.73. The van der Waals surface area contributed by atoms with E-state index in [0.717, 1.165) is 16.5 Å². The van der Waals surface area contributed by atoms with Crippen molar-refractivity contribution in [3.63, 3.8) is 0 Å². The number of nitrogens with one attached hydrogen (secondary N) is 2. The molecule has 5 rings (SSSR count). The molecule has 3 aromatic rings. The molecule has 0 bridgehead atoms. The third-order valence-electron chi connectivity index (χ3n) is 7.84. The van der Waals surface area contributed by atoms with Crippen LogP contribution < -0.4 is 16.2 Å². The normalized spacial score (nSPS) is 16.9. The number of likely N-dealkylation sites (tertiary alicyclic amines) is 2. The Bertz CT molecular complexity index is 1450. The number of nitrogens with zero attached hydrogens (tertiary/aromatic N) is 5. The summed E-state index contributed by atoms with van der Waals surface area (Å²) >= 11 is 0. The summed E-state index contributed by atoms with van der Waals surface area (Å²) in [6.07, 6.45) is 3.44. The number of urea groups is 1. The first-order chi connectivity index (χ1) is 19.2. The number of piperidine rings is 2. The van der Waals surface area contributed by atoms with Gasteiger partial charge in [-0.2, -0.15) is 4.98 Å². The van der Waals surface area contributed by atoms with Gasteiger partial charge in [-0.15, -0.1) is 0 Å². The molecule has 0 atom stereocenters. The van der Waals surface area contributed by atoms with Gasteiger partial charge in [-0.3, -0.25) is 9.36 Å². The number of anilines is 1. The van der Waals surface area contributed by atoms with E-state index in [4.69, 9.17) is 4.98 Å². The maximum Gasteiger partial charge on any atom is 0.407 e. The monoisotopic (exact) mass is 547 g/mol. The Morgan fingerprint density at radius 1 is 1.00 bits per heavy atom. The number of fused-ring (bicyclic) bond motifs is 1. The van der Waals surface area contributed by atoms with Gasteiger partial charge in [-0.05, 0) is 63.6 Å². The number of hydrogen-bond acceptors (Lipinski definition) is 6. The number of carbonyl (C=O) groups is 2. The molecule has 0 radical (unpaired) electrons. The molecule has 40 heavy (non-hydrogen) atoms. The predicted octanol–water partition coefficient (Wildman–Crippen LogP) is 4.08. The highest BCUT2D eigenvalue weighted by Gasteiger charge is 2.28. The smallest absolute Gasteiger partial charge is 0.407 e. The second-order valence-electron chi connectivity index (χ2n) is 11.0. The lowest BCUT2D eigenvalue weighted by atomic mass is 9.99. The SMILES string of the molecule is Cc1ccccc1-c1cc2cnc(NC3CCN(C(=O)O)CC3)nc2n(C2CCN(C(=O)NC(C)C)CC2)c1=O. The molecule has 11 heteroatoms. The average Bonchev–Trinajstić information content (AvgIpc) is 2.93. The molecule has 0 unspecified atom stereocenters. The molecule has 2 fully saturated rings. The maximum atomic E-state index is 14.1. The van der Waals surface area contributed by atoms with Crippen LogP contribution in [0.25, 0.3) is 22.2 Å².